The Morgan fingerprint density at radius 2 is 1.52 bits per heavy atom. The van der Waals surface area contributed by atoms with Gasteiger partial charge in [-0.3, -0.25) is 4.72 Å². The van der Waals surface area contributed by atoms with E-state index in [1.807, 2.05) is 73.7 Å². The first-order chi connectivity index (χ1) is 20.3. The van der Waals surface area contributed by atoms with Crippen LogP contribution in [0.25, 0.3) is 0 Å². The first-order valence-electron chi connectivity index (χ1n) is 13.8. The number of aldehydes is 1. The Hall–Kier alpha value is -4.40. The highest BCUT2D eigenvalue weighted by Gasteiger charge is 2.45. The minimum atomic E-state index is -4.06. The number of hydrogen-bond acceptors (Lipinski definition) is 6. The number of sulfonamides is 1. The third kappa shape index (κ3) is 5.68. The average molecular weight is 584 g/mol. The summed E-state index contributed by atoms with van der Waals surface area (Å²) in [6, 6.07) is 32.0. The summed E-state index contributed by atoms with van der Waals surface area (Å²) >= 11 is 0. The van der Waals surface area contributed by atoms with Crippen LogP contribution in [0.15, 0.2) is 125 Å². The molecule has 3 N–H and O–H groups in total. The molecule has 4 aromatic rings. The summed E-state index contributed by atoms with van der Waals surface area (Å²) in [5, 5.41) is 21.9. The Balaban J connectivity index is 1.55. The Kier molecular flexibility index (Phi) is 8.47. The molecule has 1 aliphatic heterocycles. The molecule has 42 heavy (non-hydrogen) atoms. The summed E-state index contributed by atoms with van der Waals surface area (Å²) in [6.07, 6.45) is 0.854. The topological polar surface area (TPSA) is 113 Å². The molecular formula is C34H33NO6S. The summed E-state index contributed by atoms with van der Waals surface area (Å²) in [6.45, 7) is 1.97. The number of nitrogens with one attached hydrogen (secondary N) is 1. The number of carbonyl (C=O) groups is 1. The predicted molar refractivity (Wildman–Crippen MR) is 162 cm³/mol. The third-order valence-electron chi connectivity index (χ3n) is 7.71. The molecule has 0 aromatic heterocycles. The van der Waals surface area contributed by atoms with Crippen molar-refractivity contribution in [1.82, 2.24) is 0 Å². The SMILES string of the molecule is CCC(C1=C(O)CC(c2ccccc2)(c2ccccc2)OC1CC=O)c1cccc(NS(=O)(=O)c2ccccc2O)c1. The molecule has 0 saturated carbocycles. The summed E-state index contributed by atoms with van der Waals surface area (Å²) in [7, 11) is -4.06. The minimum absolute atomic E-state index is 0.0386. The van der Waals surface area contributed by atoms with Gasteiger partial charge in [0.1, 0.15) is 22.5 Å². The number of ether oxygens (including phenoxy) is 1. The lowest BCUT2D eigenvalue weighted by atomic mass is 9.75. The Labute approximate surface area is 246 Å². The van der Waals surface area contributed by atoms with E-state index in [9.17, 15) is 23.4 Å². The number of aliphatic hydroxyl groups excluding tert-OH is 1. The average Bonchev–Trinajstić information content (AvgIpc) is 3.00. The normalized spacial score (nSPS) is 17.4. The molecule has 216 valence electrons. The first-order valence-corrected chi connectivity index (χ1v) is 15.3. The van der Waals surface area contributed by atoms with Gasteiger partial charge in [-0.25, -0.2) is 8.42 Å². The van der Waals surface area contributed by atoms with Crippen LogP contribution in [-0.4, -0.2) is 31.0 Å². The van der Waals surface area contributed by atoms with Gasteiger partial charge in [0.05, 0.1) is 11.9 Å². The molecule has 4 aromatic carbocycles. The second-order valence-corrected chi connectivity index (χ2v) is 12.0. The van der Waals surface area contributed by atoms with Gasteiger partial charge in [0.25, 0.3) is 10.0 Å². The summed E-state index contributed by atoms with van der Waals surface area (Å²) < 4.78 is 35.5. The van der Waals surface area contributed by atoms with Crippen molar-refractivity contribution in [2.45, 2.75) is 48.7 Å². The van der Waals surface area contributed by atoms with Crippen molar-refractivity contribution >= 4 is 22.0 Å². The molecule has 0 bridgehead atoms. The quantitative estimate of drug-likeness (QED) is 0.177. The second-order valence-electron chi connectivity index (χ2n) is 10.3. The highest BCUT2D eigenvalue weighted by atomic mass is 32.2. The maximum Gasteiger partial charge on any atom is 0.265 e. The molecule has 0 fully saturated rings. The van der Waals surface area contributed by atoms with Gasteiger partial charge in [-0.1, -0.05) is 91.9 Å². The van der Waals surface area contributed by atoms with Crippen LogP contribution in [0.4, 0.5) is 5.69 Å². The molecule has 0 saturated heterocycles. The lowest BCUT2D eigenvalue weighted by molar-refractivity contribution is -0.116. The largest absolute Gasteiger partial charge is 0.512 e. The number of phenolic OH excluding ortho intramolecular Hbond substituents is 1. The van der Waals surface area contributed by atoms with Crippen molar-refractivity contribution in [2.24, 2.45) is 0 Å². The zero-order chi connectivity index (χ0) is 29.7. The van der Waals surface area contributed by atoms with Gasteiger partial charge in [-0.05, 0) is 47.4 Å². The van der Waals surface area contributed by atoms with Crippen LogP contribution < -0.4 is 4.72 Å². The van der Waals surface area contributed by atoms with E-state index in [0.29, 0.717) is 17.7 Å². The van der Waals surface area contributed by atoms with Gasteiger partial charge in [0.2, 0.25) is 0 Å². The van der Waals surface area contributed by atoms with E-state index in [2.05, 4.69) is 4.72 Å². The Morgan fingerprint density at radius 3 is 2.12 bits per heavy atom. The van der Waals surface area contributed by atoms with E-state index in [4.69, 9.17) is 4.74 Å². The molecule has 0 spiro atoms. The van der Waals surface area contributed by atoms with Gasteiger partial charge in [0.15, 0.2) is 0 Å². The zero-order valence-electron chi connectivity index (χ0n) is 23.2. The van der Waals surface area contributed by atoms with Crippen molar-refractivity contribution in [3.05, 3.63) is 137 Å². The number of benzene rings is 4. The molecule has 2 unspecified atom stereocenters. The number of para-hydroxylation sites is 1. The van der Waals surface area contributed by atoms with Gasteiger partial charge < -0.3 is 19.7 Å². The molecule has 2 atom stereocenters. The van der Waals surface area contributed by atoms with Gasteiger partial charge in [-0.15, -0.1) is 0 Å². The van der Waals surface area contributed by atoms with Crippen molar-refractivity contribution in [2.75, 3.05) is 4.72 Å². The van der Waals surface area contributed by atoms with Crippen LogP contribution in [0.5, 0.6) is 5.75 Å². The van der Waals surface area contributed by atoms with Crippen LogP contribution in [-0.2, 0) is 25.2 Å². The number of carbonyl (C=O) groups excluding carboxylic acids is 1. The fraction of sp³-hybridized carbons (Fsp3) is 0.206. The van der Waals surface area contributed by atoms with E-state index in [0.717, 1.165) is 23.0 Å². The standard InChI is InChI=1S/C34H33NO6S/c1-2-28(24-12-11-17-27(22-24)35-42(39,40)32-19-10-9-18-29(32)37)33-30(38)23-34(41-31(33)20-21-36,25-13-5-3-6-14-25)26-15-7-4-8-16-26/h3-19,21-22,28,31,35,37-38H,2,20,23H2,1H3. The number of aliphatic hydroxyl groups is 1. The smallest absolute Gasteiger partial charge is 0.265 e. The predicted octanol–water partition coefficient (Wildman–Crippen LogP) is 6.82. The van der Waals surface area contributed by atoms with Gasteiger partial charge in [-0.2, -0.15) is 0 Å². The van der Waals surface area contributed by atoms with Crippen molar-refractivity contribution in [1.29, 1.82) is 0 Å². The van der Waals surface area contributed by atoms with Gasteiger partial charge in [0, 0.05) is 30.0 Å². The maximum absolute atomic E-state index is 13.0. The molecule has 0 radical (unpaired) electrons. The van der Waals surface area contributed by atoms with Crippen LogP contribution in [0.2, 0.25) is 0 Å². The first kappa shape index (κ1) is 29.1. The van der Waals surface area contributed by atoms with Crippen LogP contribution in [0.3, 0.4) is 0 Å². The van der Waals surface area contributed by atoms with E-state index in [1.165, 1.54) is 18.2 Å². The van der Waals surface area contributed by atoms with Crippen LogP contribution >= 0.6 is 0 Å². The molecule has 8 heteroatoms. The molecule has 0 amide bonds. The van der Waals surface area contributed by atoms with E-state index in [1.54, 1.807) is 24.3 Å². The molecule has 5 rings (SSSR count). The number of hydrogen-bond donors (Lipinski definition) is 3. The lowest BCUT2D eigenvalue weighted by Gasteiger charge is -2.44. The number of anilines is 1. The fourth-order valence-corrected chi connectivity index (χ4v) is 6.98. The molecule has 1 aliphatic rings. The van der Waals surface area contributed by atoms with Crippen LogP contribution in [0.1, 0.15) is 48.8 Å². The van der Waals surface area contributed by atoms with Crippen molar-refractivity contribution in [3.8, 4) is 5.75 Å². The van der Waals surface area contributed by atoms with E-state index >= 15 is 0 Å². The molecule has 7 nitrogen and oxygen atoms in total. The van der Waals surface area contributed by atoms with Crippen molar-refractivity contribution in [3.63, 3.8) is 0 Å². The maximum atomic E-state index is 13.0. The zero-order valence-corrected chi connectivity index (χ0v) is 24.0. The second kappa shape index (κ2) is 12.2. The fourth-order valence-electron chi connectivity index (χ4n) is 5.83. The monoisotopic (exact) mass is 583 g/mol. The van der Waals surface area contributed by atoms with Crippen LogP contribution in [0, 0.1) is 0 Å². The summed E-state index contributed by atoms with van der Waals surface area (Å²) in [5.74, 6) is -0.555. The lowest BCUT2D eigenvalue weighted by Crippen LogP contribution is -2.42. The highest BCUT2D eigenvalue weighted by Crippen LogP contribution is 2.49. The van der Waals surface area contributed by atoms with E-state index < -0.39 is 21.7 Å². The summed E-state index contributed by atoms with van der Waals surface area (Å²) in [4.78, 5) is 11.7. The number of rotatable bonds is 10. The van der Waals surface area contributed by atoms with Crippen molar-refractivity contribution < 1.29 is 28.2 Å². The molecular weight excluding hydrogens is 550 g/mol. The minimum Gasteiger partial charge on any atom is -0.512 e. The Bertz CT molecular complexity index is 1650. The third-order valence-corrected chi connectivity index (χ3v) is 9.14. The molecule has 0 aliphatic carbocycles. The molecule has 1 heterocycles. The summed E-state index contributed by atoms with van der Waals surface area (Å²) in [5.41, 5.74) is 2.39. The van der Waals surface area contributed by atoms with Gasteiger partial charge >= 0.3 is 0 Å². The number of phenols is 1. The highest BCUT2D eigenvalue weighted by molar-refractivity contribution is 7.92. The number of aromatic hydroxyl groups is 1. The Morgan fingerprint density at radius 1 is 0.905 bits per heavy atom. The van der Waals surface area contributed by atoms with E-state index in [-0.39, 0.29) is 35.2 Å².